The van der Waals surface area contributed by atoms with E-state index in [1.54, 1.807) is 11.3 Å². The van der Waals surface area contributed by atoms with Crippen molar-refractivity contribution in [2.75, 3.05) is 19.6 Å². The van der Waals surface area contributed by atoms with Crippen LogP contribution in [0.25, 0.3) is 0 Å². The van der Waals surface area contributed by atoms with Crippen LogP contribution in [0.5, 0.6) is 0 Å². The molecule has 1 aromatic heterocycles. The summed E-state index contributed by atoms with van der Waals surface area (Å²) in [7, 11) is 0. The summed E-state index contributed by atoms with van der Waals surface area (Å²) in [6.45, 7) is 7.17. The molecule has 108 valence electrons. The van der Waals surface area contributed by atoms with Crippen molar-refractivity contribution in [1.29, 1.82) is 0 Å². The first-order valence-corrected chi connectivity index (χ1v) is 7.78. The molecule has 1 aliphatic carbocycles. The maximum Gasteiger partial charge on any atom is 0.191 e. The second-order valence-corrected chi connectivity index (χ2v) is 5.78. The Morgan fingerprint density at radius 3 is 2.84 bits per heavy atom. The van der Waals surface area contributed by atoms with Gasteiger partial charge in [-0.1, -0.05) is 6.92 Å². The number of nitrogens with zero attached hydrogens (tertiary/aromatic N) is 1. The maximum absolute atomic E-state index is 4.67. The summed E-state index contributed by atoms with van der Waals surface area (Å²) in [5, 5.41) is 11.1. The first kappa shape index (κ1) is 16.8. The minimum Gasteiger partial charge on any atom is -0.357 e. The Kier molecular flexibility index (Phi) is 7.75. The molecule has 1 saturated carbocycles. The van der Waals surface area contributed by atoms with E-state index in [9.17, 15) is 0 Å². The Balaban J connectivity index is 0.00000180. The number of aliphatic imine (C=N–C) groups is 1. The number of halogens is 1. The van der Waals surface area contributed by atoms with Crippen LogP contribution in [-0.2, 0) is 0 Å². The van der Waals surface area contributed by atoms with Gasteiger partial charge in [-0.05, 0) is 48.1 Å². The minimum atomic E-state index is 0. The zero-order valence-electron chi connectivity index (χ0n) is 11.7. The van der Waals surface area contributed by atoms with Crippen LogP contribution in [0.4, 0.5) is 0 Å². The number of hydrogen-bond donors (Lipinski definition) is 2. The van der Waals surface area contributed by atoms with E-state index >= 15 is 0 Å². The van der Waals surface area contributed by atoms with Crippen LogP contribution in [0.3, 0.4) is 0 Å². The van der Waals surface area contributed by atoms with Crippen molar-refractivity contribution in [3.8, 4) is 0 Å². The first-order chi connectivity index (χ1) is 8.79. The Morgan fingerprint density at radius 1 is 1.47 bits per heavy atom. The topological polar surface area (TPSA) is 36.4 Å². The molecule has 1 atom stereocenters. The molecule has 1 fully saturated rings. The molecule has 1 heterocycles. The van der Waals surface area contributed by atoms with Crippen LogP contribution < -0.4 is 10.6 Å². The first-order valence-electron chi connectivity index (χ1n) is 6.84. The number of nitrogens with one attached hydrogen (secondary N) is 2. The average Bonchev–Trinajstić information content (AvgIpc) is 3.04. The summed E-state index contributed by atoms with van der Waals surface area (Å²) in [5.74, 6) is 2.34. The minimum absolute atomic E-state index is 0. The molecule has 0 amide bonds. The normalized spacial score (nSPS) is 16.6. The Hall–Kier alpha value is -0.300. The molecule has 3 nitrogen and oxygen atoms in total. The third-order valence-electron chi connectivity index (χ3n) is 3.23. The van der Waals surface area contributed by atoms with Crippen LogP contribution in [0.2, 0.25) is 0 Å². The van der Waals surface area contributed by atoms with Crippen LogP contribution >= 0.6 is 35.3 Å². The van der Waals surface area contributed by atoms with Gasteiger partial charge in [0, 0.05) is 25.6 Å². The number of thiophene rings is 1. The molecular weight excluding hydrogens is 369 g/mol. The maximum atomic E-state index is 4.67. The Bertz CT molecular complexity index is 374. The highest BCUT2D eigenvalue weighted by atomic mass is 127. The fraction of sp³-hybridized carbons (Fsp3) is 0.643. The second kappa shape index (κ2) is 8.79. The predicted molar refractivity (Wildman–Crippen MR) is 94.9 cm³/mol. The molecule has 1 aliphatic rings. The summed E-state index contributed by atoms with van der Waals surface area (Å²) < 4.78 is 0. The lowest BCUT2D eigenvalue weighted by atomic mass is 10.1. The van der Waals surface area contributed by atoms with Crippen LogP contribution in [-0.4, -0.2) is 25.6 Å². The summed E-state index contributed by atoms with van der Waals surface area (Å²) in [6.07, 6.45) is 2.75. The third-order valence-corrected chi connectivity index (χ3v) is 3.94. The molecule has 0 spiro atoms. The van der Waals surface area contributed by atoms with Crippen molar-refractivity contribution in [3.05, 3.63) is 22.4 Å². The molecule has 5 heteroatoms. The smallest absolute Gasteiger partial charge is 0.191 e. The van der Waals surface area contributed by atoms with Crippen molar-refractivity contribution >= 4 is 41.3 Å². The summed E-state index contributed by atoms with van der Waals surface area (Å²) >= 11 is 1.76. The lowest BCUT2D eigenvalue weighted by molar-refractivity contribution is 0.721. The van der Waals surface area contributed by atoms with Gasteiger partial charge >= 0.3 is 0 Å². The molecule has 2 rings (SSSR count). The van der Waals surface area contributed by atoms with E-state index < -0.39 is 0 Å². The van der Waals surface area contributed by atoms with E-state index in [4.69, 9.17) is 0 Å². The molecular formula is C14H24IN3S. The SMILES string of the molecule is CCNC(=NCC(C)c1ccsc1)NCC1CC1.I. The van der Waals surface area contributed by atoms with Gasteiger partial charge in [0.15, 0.2) is 5.96 Å². The van der Waals surface area contributed by atoms with E-state index in [-0.39, 0.29) is 24.0 Å². The number of hydrogen-bond acceptors (Lipinski definition) is 2. The average molecular weight is 393 g/mol. The van der Waals surface area contributed by atoms with E-state index in [1.165, 1.54) is 18.4 Å². The molecule has 0 aromatic carbocycles. The monoisotopic (exact) mass is 393 g/mol. The van der Waals surface area contributed by atoms with E-state index in [2.05, 4.69) is 46.3 Å². The highest BCUT2D eigenvalue weighted by Gasteiger charge is 2.21. The van der Waals surface area contributed by atoms with Crippen LogP contribution in [0.1, 0.15) is 38.2 Å². The summed E-state index contributed by atoms with van der Waals surface area (Å²) in [4.78, 5) is 4.67. The van der Waals surface area contributed by atoms with Gasteiger partial charge < -0.3 is 10.6 Å². The van der Waals surface area contributed by atoms with Crippen molar-refractivity contribution in [3.63, 3.8) is 0 Å². The molecule has 2 N–H and O–H groups in total. The lowest BCUT2D eigenvalue weighted by Gasteiger charge is -2.12. The zero-order chi connectivity index (χ0) is 12.8. The van der Waals surface area contributed by atoms with Gasteiger partial charge in [0.2, 0.25) is 0 Å². The van der Waals surface area contributed by atoms with Gasteiger partial charge in [-0.3, -0.25) is 4.99 Å². The second-order valence-electron chi connectivity index (χ2n) is 5.00. The lowest BCUT2D eigenvalue weighted by Crippen LogP contribution is -2.38. The quantitative estimate of drug-likeness (QED) is 0.441. The van der Waals surface area contributed by atoms with Crippen molar-refractivity contribution < 1.29 is 0 Å². The molecule has 0 aliphatic heterocycles. The molecule has 0 saturated heterocycles. The summed E-state index contributed by atoms with van der Waals surface area (Å²) in [6, 6.07) is 2.19. The van der Waals surface area contributed by atoms with E-state index in [0.29, 0.717) is 5.92 Å². The Labute approximate surface area is 137 Å². The van der Waals surface area contributed by atoms with Gasteiger partial charge in [-0.2, -0.15) is 11.3 Å². The standard InChI is InChI=1S/C14H23N3S.HI/c1-3-15-14(17-9-12-4-5-12)16-8-11(2)13-6-7-18-10-13;/h6-7,10-12H,3-5,8-9H2,1-2H3,(H2,15,16,17);1H. The van der Waals surface area contributed by atoms with Crippen molar-refractivity contribution in [2.24, 2.45) is 10.9 Å². The highest BCUT2D eigenvalue weighted by molar-refractivity contribution is 14.0. The molecule has 1 unspecified atom stereocenters. The van der Waals surface area contributed by atoms with Crippen LogP contribution in [0.15, 0.2) is 21.8 Å². The Morgan fingerprint density at radius 2 is 2.26 bits per heavy atom. The van der Waals surface area contributed by atoms with Gasteiger partial charge in [-0.15, -0.1) is 24.0 Å². The highest BCUT2D eigenvalue weighted by Crippen LogP contribution is 2.27. The van der Waals surface area contributed by atoms with E-state index in [0.717, 1.165) is 31.5 Å². The molecule has 0 bridgehead atoms. The predicted octanol–water partition coefficient (Wildman–Crippen LogP) is 3.43. The summed E-state index contributed by atoms with van der Waals surface area (Å²) in [5.41, 5.74) is 1.39. The van der Waals surface area contributed by atoms with Crippen molar-refractivity contribution in [1.82, 2.24) is 10.6 Å². The third kappa shape index (κ3) is 6.12. The fourth-order valence-electron chi connectivity index (χ4n) is 1.79. The molecule has 19 heavy (non-hydrogen) atoms. The molecule has 0 radical (unpaired) electrons. The molecule has 1 aromatic rings. The van der Waals surface area contributed by atoms with Gasteiger partial charge in [0.05, 0.1) is 0 Å². The number of guanidine groups is 1. The largest absolute Gasteiger partial charge is 0.357 e. The van der Waals surface area contributed by atoms with Gasteiger partial charge in [0.1, 0.15) is 0 Å². The number of rotatable bonds is 6. The fourth-order valence-corrected chi connectivity index (χ4v) is 2.58. The van der Waals surface area contributed by atoms with E-state index in [1.807, 2.05) is 0 Å². The van der Waals surface area contributed by atoms with Gasteiger partial charge in [-0.25, -0.2) is 0 Å². The zero-order valence-corrected chi connectivity index (χ0v) is 14.8. The van der Waals surface area contributed by atoms with Crippen molar-refractivity contribution in [2.45, 2.75) is 32.6 Å². The van der Waals surface area contributed by atoms with Gasteiger partial charge in [0.25, 0.3) is 0 Å². The van der Waals surface area contributed by atoms with Crippen LogP contribution in [0, 0.1) is 5.92 Å².